The maximum Gasteiger partial charge on any atom is 0.416 e. The maximum atomic E-state index is 13.5. The number of halogens is 5. The largest absolute Gasteiger partial charge is 0.507 e. The molecule has 5 nitrogen and oxygen atoms in total. The van der Waals surface area contributed by atoms with Gasteiger partial charge in [-0.2, -0.15) is 13.2 Å². The molecule has 0 aliphatic heterocycles. The Morgan fingerprint density at radius 3 is 1.92 bits per heavy atom. The van der Waals surface area contributed by atoms with Gasteiger partial charge in [0.25, 0.3) is 5.91 Å². The van der Waals surface area contributed by atoms with E-state index in [1.54, 1.807) is 30.3 Å². The monoisotopic (exact) mass is 557 g/mol. The first-order valence-corrected chi connectivity index (χ1v) is 11.9. The number of carboxylic acid groups (broad SMARTS) is 1. The lowest BCUT2D eigenvalue weighted by atomic mass is 9.98. The van der Waals surface area contributed by atoms with Crippen LogP contribution in [0.3, 0.4) is 0 Å². The number of hydrogen-bond donors (Lipinski definition) is 3. The predicted molar refractivity (Wildman–Crippen MR) is 138 cm³/mol. The number of carbonyl (C=O) groups is 2. The van der Waals surface area contributed by atoms with Crippen molar-refractivity contribution in [2.45, 2.75) is 18.6 Å². The van der Waals surface area contributed by atoms with E-state index >= 15 is 0 Å². The summed E-state index contributed by atoms with van der Waals surface area (Å²) in [5.41, 5.74) is 1.54. The van der Waals surface area contributed by atoms with Crippen LogP contribution in [0.4, 0.5) is 17.6 Å². The Morgan fingerprint density at radius 2 is 1.36 bits per heavy atom. The highest BCUT2D eigenvalue weighted by Gasteiger charge is 2.30. The molecule has 1 amide bonds. The van der Waals surface area contributed by atoms with Crippen LogP contribution in [0.2, 0.25) is 5.02 Å². The molecule has 0 aromatic heterocycles. The van der Waals surface area contributed by atoms with Crippen LogP contribution in [0, 0.1) is 5.82 Å². The molecule has 39 heavy (non-hydrogen) atoms. The Bertz CT molecular complexity index is 1520. The Hall–Kier alpha value is -4.37. The maximum absolute atomic E-state index is 13.5. The number of nitrogens with one attached hydrogen (secondary N) is 1. The molecule has 4 aromatic carbocycles. The number of phenolic OH excluding ortho intramolecular Hbond substituents is 1. The number of benzene rings is 4. The van der Waals surface area contributed by atoms with Crippen molar-refractivity contribution in [2.24, 2.45) is 0 Å². The summed E-state index contributed by atoms with van der Waals surface area (Å²) in [4.78, 5) is 24.6. The number of carboxylic acids is 1. The van der Waals surface area contributed by atoms with Crippen LogP contribution < -0.4 is 5.32 Å². The lowest BCUT2D eigenvalue weighted by Crippen LogP contribution is -2.30. The number of aliphatic carboxylic acids is 1. The van der Waals surface area contributed by atoms with Gasteiger partial charge in [-0.1, -0.05) is 60.1 Å². The van der Waals surface area contributed by atoms with Crippen molar-refractivity contribution in [3.8, 4) is 28.0 Å². The van der Waals surface area contributed by atoms with Crippen molar-refractivity contribution in [1.82, 2.24) is 5.32 Å². The van der Waals surface area contributed by atoms with Crippen molar-refractivity contribution >= 4 is 23.5 Å². The van der Waals surface area contributed by atoms with E-state index in [0.29, 0.717) is 27.8 Å². The summed E-state index contributed by atoms with van der Waals surface area (Å²) in [5.74, 6) is -2.91. The van der Waals surface area contributed by atoms with Crippen molar-refractivity contribution < 1.29 is 37.4 Å². The number of alkyl halides is 3. The zero-order valence-corrected chi connectivity index (χ0v) is 20.7. The summed E-state index contributed by atoms with van der Waals surface area (Å²) in [6, 6.07) is 18.1. The average Bonchev–Trinajstić information content (AvgIpc) is 2.89. The minimum absolute atomic E-state index is 0.0501. The molecule has 0 fully saturated rings. The molecule has 4 aromatic rings. The molecular formula is C29H20ClF4NO4. The van der Waals surface area contributed by atoms with Gasteiger partial charge in [-0.05, 0) is 64.2 Å². The highest BCUT2D eigenvalue weighted by Crippen LogP contribution is 2.33. The van der Waals surface area contributed by atoms with Crippen LogP contribution in [0.25, 0.3) is 22.3 Å². The first kappa shape index (κ1) is 27.7. The summed E-state index contributed by atoms with van der Waals surface area (Å²) in [6.07, 6.45) is -4.96. The summed E-state index contributed by atoms with van der Waals surface area (Å²) >= 11 is 5.85. The summed E-state index contributed by atoms with van der Waals surface area (Å²) in [7, 11) is 0. The van der Waals surface area contributed by atoms with Crippen molar-refractivity contribution in [3.05, 3.63) is 112 Å². The zero-order valence-electron chi connectivity index (χ0n) is 20.0. The van der Waals surface area contributed by atoms with E-state index in [-0.39, 0.29) is 16.3 Å². The molecule has 0 bridgehead atoms. The standard InChI is InChI=1S/C29H20ClF4NO4/c30-23-14-20(7-11-24(23)31)16-1-3-18(4-2-16)25(15-27(37)38)35-28(39)22-13-19(8-12-26(22)36)17-5-9-21(10-6-17)29(32,33)34/h1-14,25,36H,15H2,(H,35,39)(H,37,38). The van der Waals surface area contributed by atoms with E-state index in [4.69, 9.17) is 11.6 Å². The summed E-state index contributed by atoms with van der Waals surface area (Å²) in [6.45, 7) is 0. The topological polar surface area (TPSA) is 86.6 Å². The van der Waals surface area contributed by atoms with Crippen molar-refractivity contribution in [1.29, 1.82) is 0 Å². The molecule has 1 unspecified atom stereocenters. The minimum atomic E-state index is -4.50. The Balaban J connectivity index is 1.58. The van der Waals surface area contributed by atoms with Crippen LogP contribution in [-0.4, -0.2) is 22.1 Å². The van der Waals surface area contributed by atoms with Gasteiger partial charge in [0.05, 0.1) is 28.6 Å². The lowest BCUT2D eigenvalue weighted by molar-refractivity contribution is -0.138. The molecule has 10 heteroatoms. The van der Waals surface area contributed by atoms with E-state index in [0.717, 1.165) is 12.1 Å². The van der Waals surface area contributed by atoms with E-state index in [1.165, 1.54) is 42.5 Å². The number of phenols is 1. The van der Waals surface area contributed by atoms with Crippen molar-refractivity contribution in [3.63, 3.8) is 0 Å². The van der Waals surface area contributed by atoms with Gasteiger partial charge in [0.2, 0.25) is 0 Å². The van der Waals surface area contributed by atoms with Gasteiger partial charge >= 0.3 is 12.1 Å². The van der Waals surface area contributed by atoms with Crippen LogP contribution in [0.15, 0.2) is 84.9 Å². The van der Waals surface area contributed by atoms with Crippen molar-refractivity contribution in [2.75, 3.05) is 0 Å². The van der Waals surface area contributed by atoms with Crippen LogP contribution >= 0.6 is 11.6 Å². The highest BCUT2D eigenvalue weighted by molar-refractivity contribution is 6.31. The van der Waals surface area contributed by atoms with Crippen LogP contribution in [0.1, 0.15) is 33.9 Å². The molecule has 0 saturated carbocycles. The molecule has 0 heterocycles. The van der Waals surface area contributed by atoms with Gasteiger partial charge in [0.15, 0.2) is 0 Å². The molecule has 0 aliphatic rings. The Labute approximate surface area is 225 Å². The Morgan fingerprint density at radius 1 is 0.821 bits per heavy atom. The third kappa shape index (κ3) is 6.56. The fourth-order valence-electron chi connectivity index (χ4n) is 4.00. The van der Waals surface area contributed by atoms with E-state index in [9.17, 15) is 37.4 Å². The molecule has 1 atom stereocenters. The van der Waals surface area contributed by atoms with E-state index in [1.807, 2.05) is 0 Å². The van der Waals surface area contributed by atoms with Gasteiger partial charge in [-0.15, -0.1) is 0 Å². The second-order valence-corrected chi connectivity index (χ2v) is 9.09. The second-order valence-electron chi connectivity index (χ2n) is 8.68. The fourth-order valence-corrected chi connectivity index (χ4v) is 4.18. The number of aromatic hydroxyl groups is 1. The number of rotatable bonds is 7. The number of carbonyl (C=O) groups excluding carboxylic acids is 1. The number of hydrogen-bond acceptors (Lipinski definition) is 3. The van der Waals surface area contributed by atoms with Crippen LogP contribution in [-0.2, 0) is 11.0 Å². The molecule has 4 rings (SSSR count). The molecule has 0 spiro atoms. The molecule has 0 radical (unpaired) electrons. The highest BCUT2D eigenvalue weighted by atomic mass is 35.5. The van der Waals surface area contributed by atoms with Gasteiger partial charge in [0.1, 0.15) is 11.6 Å². The third-order valence-corrected chi connectivity index (χ3v) is 6.33. The average molecular weight is 558 g/mol. The smallest absolute Gasteiger partial charge is 0.416 e. The van der Waals surface area contributed by atoms with Gasteiger partial charge in [0, 0.05) is 0 Å². The van der Waals surface area contributed by atoms with Gasteiger partial charge < -0.3 is 15.5 Å². The summed E-state index contributed by atoms with van der Waals surface area (Å²) < 4.78 is 52.2. The molecule has 0 aliphatic carbocycles. The third-order valence-electron chi connectivity index (χ3n) is 6.04. The molecule has 200 valence electrons. The quantitative estimate of drug-likeness (QED) is 0.206. The lowest BCUT2D eigenvalue weighted by Gasteiger charge is -2.19. The zero-order chi connectivity index (χ0) is 28.3. The molecule has 0 saturated heterocycles. The SMILES string of the molecule is O=C(O)CC(NC(=O)c1cc(-c2ccc(C(F)(F)F)cc2)ccc1O)c1ccc(-c2ccc(F)c(Cl)c2)cc1. The first-order valence-electron chi connectivity index (χ1n) is 11.5. The minimum Gasteiger partial charge on any atom is -0.507 e. The van der Waals surface area contributed by atoms with Gasteiger partial charge in [-0.25, -0.2) is 4.39 Å². The second kappa shape index (κ2) is 11.2. The van der Waals surface area contributed by atoms with Gasteiger partial charge in [-0.3, -0.25) is 9.59 Å². The Kier molecular flexibility index (Phi) is 7.92. The normalized spacial score (nSPS) is 12.1. The fraction of sp³-hybridized carbons (Fsp3) is 0.103. The molecule has 3 N–H and O–H groups in total. The summed E-state index contributed by atoms with van der Waals surface area (Å²) in [5, 5.41) is 22.3. The first-order chi connectivity index (χ1) is 18.4. The predicted octanol–water partition coefficient (Wildman–Crippen LogP) is 7.48. The number of amides is 1. The van der Waals surface area contributed by atoms with E-state index in [2.05, 4.69) is 5.32 Å². The van der Waals surface area contributed by atoms with Crippen LogP contribution in [0.5, 0.6) is 5.75 Å². The van der Waals surface area contributed by atoms with E-state index < -0.39 is 41.9 Å². The molecular weight excluding hydrogens is 538 g/mol.